The minimum atomic E-state index is -1.04. The minimum Gasteiger partial charge on any atom is -0.481 e. The van der Waals surface area contributed by atoms with Crippen LogP contribution in [0.1, 0.15) is 41.6 Å². The predicted molar refractivity (Wildman–Crippen MR) is 99.2 cm³/mol. The molecule has 0 spiro atoms. The van der Waals surface area contributed by atoms with E-state index in [1.54, 1.807) is 15.9 Å². The monoisotopic (exact) mass is 370 g/mol. The topological polar surface area (TPSA) is 77.9 Å². The predicted octanol–water partition coefficient (Wildman–Crippen LogP) is 2.17. The minimum absolute atomic E-state index is 0.0550. The van der Waals surface area contributed by atoms with Crippen molar-refractivity contribution in [3.05, 3.63) is 35.4 Å². The summed E-state index contributed by atoms with van der Waals surface area (Å²) in [5.41, 5.74) is 0.478. The van der Waals surface area contributed by atoms with Crippen LogP contribution in [0, 0.1) is 24.2 Å². The molecule has 1 aromatic rings. The third kappa shape index (κ3) is 2.91. The Morgan fingerprint density at radius 3 is 2.30 bits per heavy atom. The fourth-order valence-corrected chi connectivity index (χ4v) is 5.10. The van der Waals surface area contributed by atoms with Gasteiger partial charge in [0.2, 0.25) is 5.91 Å². The lowest BCUT2D eigenvalue weighted by atomic mass is 9.81. The highest BCUT2D eigenvalue weighted by Crippen LogP contribution is 2.44. The van der Waals surface area contributed by atoms with Crippen LogP contribution in [0.5, 0.6) is 0 Å². The van der Waals surface area contributed by atoms with Gasteiger partial charge in [-0.3, -0.25) is 14.4 Å². The molecule has 2 aliphatic heterocycles. The molecule has 1 aromatic carbocycles. The normalized spacial score (nSPS) is 27.8. The molecule has 1 N–H and O–H groups in total. The number of aliphatic carboxylic acids is 1. The van der Waals surface area contributed by atoms with Crippen LogP contribution in [0.2, 0.25) is 0 Å². The number of fused-ring (bicyclic) bond motifs is 1. The number of amides is 2. The fourth-order valence-electron chi connectivity index (χ4n) is 5.10. The average molecular weight is 370 g/mol. The van der Waals surface area contributed by atoms with Crippen LogP contribution >= 0.6 is 0 Å². The molecule has 1 aliphatic carbocycles. The van der Waals surface area contributed by atoms with Gasteiger partial charge in [0.05, 0.1) is 0 Å². The zero-order valence-corrected chi connectivity index (χ0v) is 15.7. The first-order chi connectivity index (χ1) is 12.9. The lowest BCUT2D eigenvalue weighted by Crippen LogP contribution is -2.44. The molecule has 6 nitrogen and oxygen atoms in total. The maximum Gasteiger partial charge on any atom is 0.313 e. The summed E-state index contributed by atoms with van der Waals surface area (Å²) in [6.45, 7) is 3.13. The number of rotatable bonds is 3. The molecule has 3 fully saturated rings. The Kier molecular flexibility index (Phi) is 4.44. The van der Waals surface area contributed by atoms with Crippen LogP contribution in [-0.2, 0) is 9.59 Å². The quantitative estimate of drug-likeness (QED) is 0.885. The van der Waals surface area contributed by atoms with Gasteiger partial charge in [-0.15, -0.1) is 0 Å². The number of benzene rings is 1. The molecule has 0 unspecified atom stereocenters. The summed E-state index contributed by atoms with van der Waals surface area (Å²) in [5, 5.41) is 9.99. The van der Waals surface area contributed by atoms with E-state index in [-0.39, 0.29) is 36.7 Å². The van der Waals surface area contributed by atoms with E-state index < -0.39 is 11.4 Å². The molecule has 27 heavy (non-hydrogen) atoms. The standard InChI is InChI=1S/C21H26N2O4/c1-14-6-2-5-9-17(14)19(25)23-11-16-10-22(12-21(16,13-23)20(26)27)18(24)15-7-3-4-8-15/h2,5-6,9,15-16H,3-4,7-8,10-13H2,1H3,(H,26,27)/t16-,21-/m0/s1. The smallest absolute Gasteiger partial charge is 0.313 e. The van der Waals surface area contributed by atoms with Gasteiger partial charge in [0.15, 0.2) is 0 Å². The molecule has 2 amide bonds. The van der Waals surface area contributed by atoms with E-state index in [4.69, 9.17) is 0 Å². The van der Waals surface area contributed by atoms with E-state index >= 15 is 0 Å². The third-order valence-corrected chi connectivity index (χ3v) is 6.71. The van der Waals surface area contributed by atoms with Crippen molar-refractivity contribution in [2.75, 3.05) is 26.2 Å². The zero-order valence-electron chi connectivity index (χ0n) is 15.7. The second-order valence-corrected chi connectivity index (χ2v) is 8.36. The van der Waals surface area contributed by atoms with E-state index in [1.165, 1.54) is 0 Å². The van der Waals surface area contributed by atoms with Gasteiger partial charge in [0.25, 0.3) is 5.91 Å². The average Bonchev–Trinajstić information content (AvgIpc) is 3.35. The van der Waals surface area contributed by atoms with Crippen LogP contribution < -0.4 is 0 Å². The molecular formula is C21H26N2O4. The number of likely N-dealkylation sites (tertiary alicyclic amines) is 2. The molecular weight excluding hydrogens is 344 g/mol. The maximum atomic E-state index is 12.9. The van der Waals surface area contributed by atoms with Crippen molar-refractivity contribution in [2.45, 2.75) is 32.6 Å². The van der Waals surface area contributed by atoms with Gasteiger partial charge in [0, 0.05) is 43.6 Å². The third-order valence-electron chi connectivity index (χ3n) is 6.71. The van der Waals surface area contributed by atoms with E-state index in [0.717, 1.165) is 31.2 Å². The Bertz CT molecular complexity index is 786. The first-order valence-electron chi connectivity index (χ1n) is 9.79. The van der Waals surface area contributed by atoms with Crippen molar-refractivity contribution < 1.29 is 19.5 Å². The van der Waals surface area contributed by atoms with Crippen molar-refractivity contribution in [3.63, 3.8) is 0 Å². The largest absolute Gasteiger partial charge is 0.481 e. The summed E-state index contributed by atoms with van der Waals surface area (Å²) in [4.78, 5) is 41.3. The number of hydrogen-bond donors (Lipinski definition) is 1. The van der Waals surface area contributed by atoms with Crippen molar-refractivity contribution in [1.82, 2.24) is 9.80 Å². The maximum absolute atomic E-state index is 12.9. The molecule has 2 heterocycles. The summed E-state index contributed by atoms with van der Waals surface area (Å²) in [6, 6.07) is 7.39. The molecule has 2 saturated heterocycles. The Morgan fingerprint density at radius 2 is 1.67 bits per heavy atom. The van der Waals surface area contributed by atoms with Crippen molar-refractivity contribution in [1.29, 1.82) is 0 Å². The van der Waals surface area contributed by atoms with Gasteiger partial charge in [-0.05, 0) is 31.4 Å². The summed E-state index contributed by atoms with van der Waals surface area (Å²) >= 11 is 0. The van der Waals surface area contributed by atoms with Gasteiger partial charge in [-0.2, -0.15) is 0 Å². The molecule has 0 radical (unpaired) electrons. The van der Waals surface area contributed by atoms with E-state index in [1.807, 2.05) is 25.1 Å². The summed E-state index contributed by atoms with van der Waals surface area (Å²) in [6.07, 6.45) is 3.99. The van der Waals surface area contributed by atoms with Crippen LogP contribution in [0.3, 0.4) is 0 Å². The van der Waals surface area contributed by atoms with Crippen LogP contribution in [0.25, 0.3) is 0 Å². The van der Waals surface area contributed by atoms with Crippen molar-refractivity contribution >= 4 is 17.8 Å². The van der Waals surface area contributed by atoms with Gasteiger partial charge in [-0.1, -0.05) is 31.0 Å². The van der Waals surface area contributed by atoms with Gasteiger partial charge in [-0.25, -0.2) is 0 Å². The number of nitrogens with zero attached hydrogens (tertiary/aromatic N) is 2. The second-order valence-electron chi connectivity index (χ2n) is 8.36. The SMILES string of the molecule is Cc1ccccc1C(=O)N1C[C@@H]2CN(C(=O)C3CCCC3)C[C@]2(C(=O)O)C1. The number of aryl methyl sites for hydroxylation is 1. The molecule has 2 atom stereocenters. The highest BCUT2D eigenvalue weighted by Gasteiger charge is 2.59. The van der Waals surface area contributed by atoms with Crippen LogP contribution in [0.15, 0.2) is 24.3 Å². The molecule has 144 valence electrons. The Morgan fingerprint density at radius 1 is 1.04 bits per heavy atom. The molecule has 0 aromatic heterocycles. The number of hydrogen-bond acceptors (Lipinski definition) is 3. The second kappa shape index (κ2) is 6.66. The highest BCUT2D eigenvalue weighted by molar-refractivity contribution is 5.96. The summed E-state index contributed by atoms with van der Waals surface area (Å²) in [5.74, 6) is -1.04. The zero-order chi connectivity index (χ0) is 19.2. The highest BCUT2D eigenvalue weighted by atomic mass is 16.4. The first-order valence-corrected chi connectivity index (χ1v) is 9.79. The lowest BCUT2D eigenvalue weighted by molar-refractivity contribution is -0.149. The molecule has 0 bridgehead atoms. The first kappa shape index (κ1) is 18.0. The molecule has 3 aliphatic rings. The van der Waals surface area contributed by atoms with Crippen molar-refractivity contribution in [2.24, 2.45) is 17.3 Å². The van der Waals surface area contributed by atoms with E-state index in [0.29, 0.717) is 18.7 Å². The van der Waals surface area contributed by atoms with Gasteiger partial charge in [0.1, 0.15) is 5.41 Å². The Hall–Kier alpha value is -2.37. The summed E-state index contributed by atoms with van der Waals surface area (Å²) in [7, 11) is 0. The fraction of sp³-hybridized carbons (Fsp3) is 0.571. The van der Waals surface area contributed by atoms with Gasteiger partial charge < -0.3 is 14.9 Å². The number of carboxylic acids is 1. The molecule has 4 rings (SSSR count). The molecule has 6 heteroatoms. The Labute approximate surface area is 159 Å². The van der Waals surface area contributed by atoms with Crippen molar-refractivity contribution in [3.8, 4) is 0 Å². The van der Waals surface area contributed by atoms with Crippen LogP contribution in [0.4, 0.5) is 0 Å². The van der Waals surface area contributed by atoms with E-state index in [9.17, 15) is 19.5 Å². The molecule has 1 saturated carbocycles. The number of carbonyl (C=O) groups excluding carboxylic acids is 2. The van der Waals surface area contributed by atoms with Gasteiger partial charge >= 0.3 is 5.97 Å². The number of carbonyl (C=O) groups is 3. The Balaban J connectivity index is 1.53. The summed E-state index contributed by atoms with van der Waals surface area (Å²) < 4.78 is 0. The number of carboxylic acid groups (broad SMARTS) is 1. The lowest BCUT2D eigenvalue weighted by Gasteiger charge is -2.27. The van der Waals surface area contributed by atoms with Crippen LogP contribution in [-0.4, -0.2) is 58.9 Å². The van der Waals surface area contributed by atoms with E-state index in [2.05, 4.69) is 0 Å².